The predicted octanol–water partition coefficient (Wildman–Crippen LogP) is 5.91. The fourth-order valence-corrected chi connectivity index (χ4v) is 2.74. The summed E-state index contributed by atoms with van der Waals surface area (Å²) < 4.78 is 5.30. The molecule has 0 aliphatic carbocycles. The molecule has 1 aliphatic rings. The number of ether oxygens (including phenoxy) is 1. The van der Waals surface area contributed by atoms with Gasteiger partial charge < -0.3 is 10.1 Å². The van der Waals surface area contributed by atoms with E-state index in [4.69, 9.17) is 4.74 Å². The number of hydrogen-bond acceptors (Lipinski definition) is 4. The van der Waals surface area contributed by atoms with Crippen LogP contribution in [-0.2, 0) is 9.53 Å². The molecule has 0 aromatic carbocycles. The van der Waals surface area contributed by atoms with Gasteiger partial charge in [0.25, 0.3) is 0 Å². The number of hydrogen-bond donors (Lipinski definition) is 2. The second kappa shape index (κ2) is 19.0. The summed E-state index contributed by atoms with van der Waals surface area (Å²) in [6.45, 7) is 12.6. The molecule has 1 rings (SSSR count). The molecule has 0 radical (unpaired) electrons. The topological polar surface area (TPSA) is 50.7 Å². The minimum atomic E-state index is -0.194. The lowest BCUT2D eigenvalue weighted by molar-refractivity contribution is -0.131. The van der Waals surface area contributed by atoms with Crippen LogP contribution in [0.15, 0.2) is 40.6 Å². The molecule has 0 aromatic rings. The second-order valence-electron chi connectivity index (χ2n) is 6.58. The van der Waals surface area contributed by atoms with Crippen LogP contribution in [0.5, 0.6) is 0 Å². The van der Waals surface area contributed by atoms with Crippen LogP contribution in [0, 0.1) is 0 Å². The van der Waals surface area contributed by atoms with Gasteiger partial charge in [-0.15, -0.1) is 0 Å². The zero-order valence-electron chi connectivity index (χ0n) is 19.2. The predicted molar refractivity (Wildman–Crippen MR) is 128 cm³/mol. The molecule has 1 aliphatic heterocycles. The Labute approximate surface area is 179 Å². The number of rotatable bonds is 7. The van der Waals surface area contributed by atoms with Gasteiger partial charge in [-0.25, -0.2) is 0 Å². The van der Waals surface area contributed by atoms with Crippen LogP contribution >= 0.6 is 12.6 Å². The molecule has 0 spiro atoms. The van der Waals surface area contributed by atoms with E-state index in [-0.39, 0.29) is 18.1 Å². The van der Waals surface area contributed by atoms with Gasteiger partial charge in [0.1, 0.15) is 6.10 Å². The van der Waals surface area contributed by atoms with Crippen molar-refractivity contribution in [3.8, 4) is 0 Å². The van der Waals surface area contributed by atoms with Gasteiger partial charge in [-0.1, -0.05) is 44.1 Å². The fourth-order valence-electron chi connectivity index (χ4n) is 2.74. The molecule has 2 unspecified atom stereocenters. The van der Waals surface area contributed by atoms with Crippen molar-refractivity contribution in [2.75, 3.05) is 13.3 Å². The highest BCUT2D eigenvalue weighted by molar-refractivity contribution is 7.79. The molecule has 2 atom stereocenters. The number of nitrogens with one attached hydrogen (secondary N) is 1. The summed E-state index contributed by atoms with van der Waals surface area (Å²) in [6, 6.07) is 0. The van der Waals surface area contributed by atoms with Gasteiger partial charge in [-0.2, -0.15) is 12.6 Å². The number of nitrogens with zero attached hydrogens (tertiary/aromatic N) is 1. The van der Waals surface area contributed by atoms with E-state index < -0.39 is 0 Å². The van der Waals surface area contributed by atoms with E-state index in [1.807, 2.05) is 20.0 Å². The maximum absolute atomic E-state index is 10.9. The highest BCUT2D eigenvalue weighted by Gasteiger charge is 2.26. The Balaban J connectivity index is 0. The molecule has 0 saturated carbocycles. The Morgan fingerprint density at radius 2 is 1.89 bits per heavy atom. The van der Waals surface area contributed by atoms with Crippen molar-refractivity contribution in [3.63, 3.8) is 0 Å². The van der Waals surface area contributed by atoms with Crippen molar-refractivity contribution >= 4 is 24.2 Å². The van der Waals surface area contributed by atoms with E-state index in [1.54, 1.807) is 13.3 Å². The van der Waals surface area contributed by atoms with Gasteiger partial charge in [0.15, 0.2) is 0 Å². The summed E-state index contributed by atoms with van der Waals surface area (Å²) in [5.74, 6) is 0.00403. The first kappa shape index (κ1) is 28.9. The van der Waals surface area contributed by atoms with E-state index in [0.717, 1.165) is 31.4 Å². The number of thiol groups is 1. The van der Waals surface area contributed by atoms with Gasteiger partial charge in [0.05, 0.1) is 6.10 Å². The van der Waals surface area contributed by atoms with Crippen LogP contribution in [-0.4, -0.2) is 37.1 Å². The van der Waals surface area contributed by atoms with E-state index in [1.165, 1.54) is 17.6 Å². The summed E-state index contributed by atoms with van der Waals surface area (Å²) in [6.07, 6.45) is 15.2. The van der Waals surface area contributed by atoms with Gasteiger partial charge in [-0.05, 0) is 65.2 Å². The molecule has 1 heterocycles. The van der Waals surface area contributed by atoms with Gasteiger partial charge in [-0.3, -0.25) is 9.79 Å². The van der Waals surface area contributed by atoms with E-state index >= 15 is 0 Å². The maximum Gasteiger partial charge on any atom is 0.248 e. The summed E-state index contributed by atoms with van der Waals surface area (Å²) in [5, 5.41) is 2.56. The first-order chi connectivity index (χ1) is 13.4. The Morgan fingerprint density at radius 3 is 2.32 bits per heavy atom. The minimum absolute atomic E-state index is 0.00403. The van der Waals surface area contributed by atoms with Crippen molar-refractivity contribution in [2.24, 2.45) is 4.99 Å². The molecule has 1 fully saturated rings. The minimum Gasteiger partial charge on any atom is -0.365 e. The normalized spacial score (nSPS) is 20.2. The van der Waals surface area contributed by atoms with Crippen molar-refractivity contribution in [2.45, 2.75) is 85.9 Å². The maximum atomic E-state index is 10.9. The average molecular weight is 411 g/mol. The zero-order valence-corrected chi connectivity index (χ0v) is 20.1. The number of carbonyl (C=O) groups excluding carboxylic acids is 1. The largest absolute Gasteiger partial charge is 0.365 e. The van der Waals surface area contributed by atoms with Gasteiger partial charge in [0, 0.05) is 19.0 Å². The standard InChI is InChI=1S/C15H25N.C7H13NO2.CH4S/c1-6-9-12-16-14(5)15(11-8-3)13(4)10-7-2;1-5-3-4-6(10-5)7(9)8-2;1-2/h8-9,11-12H,6-7,10H2,1-5H3;5-6H,3-4H2,1-2H3,(H,8,9);2H,1H3/b11-8-,12-9+,15-13+,16-14+;;. The van der Waals surface area contributed by atoms with Crippen LogP contribution in [0.3, 0.4) is 0 Å². The van der Waals surface area contributed by atoms with Crippen molar-refractivity contribution in [1.29, 1.82) is 0 Å². The molecule has 1 N–H and O–H groups in total. The molecular formula is C23H42N2O2S. The molecular weight excluding hydrogens is 368 g/mol. The second-order valence-corrected chi connectivity index (χ2v) is 6.58. The molecule has 0 aromatic heterocycles. The SMILES string of the molecule is CNC(=O)C1CCC(C)O1.CS.C\C=C/C(C(/C)=N/C=C/CC)=C(/C)CCC. The molecule has 0 bridgehead atoms. The van der Waals surface area contributed by atoms with E-state index in [9.17, 15) is 4.79 Å². The first-order valence-corrected chi connectivity index (χ1v) is 11.1. The van der Waals surface area contributed by atoms with Crippen LogP contribution in [0.1, 0.15) is 73.6 Å². The lowest BCUT2D eigenvalue weighted by Gasteiger charge is -2.07. The lowest BCUT2D eigenvalue weighted by atomic mass is 10.0. The van der Waals surface area contributed by atoms with E-state index in [2.05, 4.69) is 68.9 Å². The third-order valence-electron chi connectivity index (χ3n) is 4.19. The highest BCUT2D eigenvalue weighted by atomic mass is 32.1. The third-order valence-corrected chi connectivity index (χ3v) is 4.19. The van der Waals surface area contributed by atoms with Gasteiger partial charge in [0.2, 0.25) is 5.91 Å². The number of carbonyl (C=O) groups is 1. The van der Waals surface area contributed by atoms with Crippen LogP contribution < -0.4 is 5.32 Å². The molecule has 5 heteroatoms. The smallest absolute Gasteiger partial charge is 0.248 e. The Morgan fingerprint density at radius 1 is 1.25 bits per heavy atom. The first-order valence-electron chi connectivity index (χ1n) is 10.2. The quantitative estimate of drug-likeness (QED) is 0.311. The van der Waals surface area contributed by atoms with Gasteiger partial charge >= 0.3 is 0 Å². The zero-order chi connectivity index (χ0) is 21.9. The fraction of sp³-hybridized carbons (Fsp3) is 0.652. The Hall–Kier alpha value is -1.33. The van der Waals surface area contributed by atoms with Crippen LogP contribution in [0.4, 0.5) is 0 Å². The number of amides is 1. The molecule has 162 valence electrons. The monoisotopic (exact) mass is 410 g/mol. The highest BCUT2D eigenvalue weighted by Crippen LogP contribution is 2.18. The Kier molecular flexibility index (Phi) is 19.6. The molecule has 1 saturated heterocycles. The number of allylic oxidation sites excluding steroid dienone is 5. The lowest BCUT2D eigenvalue weighted by Crippen LogP contribution is -2.31. The van der Waals surface area contributed by atoms with Crippen molar-refractivity contribution in [1.82, 2.24) is 5.32 Å². The van der Waals surface area contributed by atoms with Crippen LogP contribution in [0.25, 0.3) is 0 Å². The van der Waals surface area contributed by atoms with E-state index in [0.29, 0.717) is 0 Å². The Bertz CT molecular complexity index is 537. The molecule has 4 nitrogen and oxygen atoms in total. The number of aliphatic imine (C=N–C) groups is 1. The molecule has 1 amide bonds. The summed E-state index contributed by atoms with van der Waals surface area (Å²) in [7, 11) is 1.63. The molecule has 28 heavy (non-hydrogen) atoms. The average Bonchev–Trinajstić information content (AvgIpc) is 3.14. The van der Waals surface area contributed by atoms with Crippen LogP contribution in [0.2, 0.25) is 0 Å². The van der Waals surface area contributed by atoms with Crippen molar-refractivity contribution in [3.05, 3.63) is 35.6 Å². The van der Waals surface area contributed by atoms with Crippen molar-refractivity contribution < 1.29 is 9.53 Å². The number of likely N-dealkylation sites (N-methyl/N-ethyl adjacent to an activating group) is 1. The summed E-state index contributed by atoms with van der Waals surface area (Å²) in [4.78, 5) is 15.4. The summed E-state index contributed by atoms with van der Waals surface area (Å²) in [5.41, 5.74) is 3.81. The third kappa shape index (κ3) is 12.9. The summed E-state index contributed by atoms with van der Waals surface area (Å²) >= 11 is 3.53.